The van der Waals surface area contributed by atoms with Gasteiger partial charge in [-0.25, -0.2) is 0 Å². The quantitative estimate of drug-likeness (QED) is 0.346. The number of pyridine rings is 1. The third kappa shape index (κ3) is 3.35. The van der Waals surface area contributed by atoms with Crippen molar-refractivity contribution >= 4 is 0 Å². The van der Waals surface area contributed by atoms with Gasteiger partial charge in [-0.1, -0.05) is 93.6 Å². The minimum Gasteiger partial charge on any atom is -0.252 e. The van der Waals surface area contributed by atoms with Crippen LogP contribution in [-0.2, 0) is 18.3 Å². The molecule has 1 aliphatic carbocycles. The lowest BCUT2D eigenvalue weighted by atomic mass is 9.81. The molecule has 0 atom stereocenters. The van der Waals surface area contributed by atoms with Crippen molar-refractivity contribution in [1.29, 1.82) is 0 Å². The molecule has 1 nitrogen and oxygen atoms in total. The number of hydrogen-bond donors (Lipinski definition) is 0. The standard InChI is InChI=1S/C29H27N/c1-29(2,3)27-19-25(21-12-8-5-9-13-21)24-17-16-22-14-15-23(18-26(22)28(24)30-27)20-10-6-4-7-11-20/h4-15,18-19H,16-17H2,1-3H3. The summed E-state index contributed by atoms with van der Waals surface area (Å²) in [6.45, 7) is 6.75. The second kappa shape index (κ2) is 7.25. The Kier molecular flexibility index (Phi) is 4.55. The van der Waals surface area contributed by atoms with Crippen LogP contribution in [0, 0.1) is 0 Å². The second-order valence-corrected chi connectivity index (χ2v) is 9.24. The molecule has 1 heteroatoms. The molecule has 0 bridgehead atoms. The Morgan fingerprint density at radius 2 is 1.30 bits per heavy atom. The SMILES string of the molecule is CC(C)(C)c1cc(-c2ccccc2)c2c(n1)-c1cc(-c3ccccc3)ccc1CC2. The summed E-state index contributed by atoms with van der Waals surface area (Å²) in [5.74, 6) is 0. The van der Waals surface area contributed by atoms with Crippen molar-refractivity contribution in [1.82, 2.24) is 4.98 Å². The Morgan fingerprint density at radius 3 is 1.97 bits per heavy atom. The van der Waals surface area contributed by atoms with E-state index in [-0.39, 0.29) is 5.41 Å². The van der Waals surface area contributed by atoms with Gasteiger partial charge < -0.3 is 0 Å². The number of rotatable bonds is 2. The van der Waals surface area contributed by atoms with Crippen LogP contribution >= 0.6 is 0 Å². The molecule has 0 spiro atoms. The van der Waals surface area contributed by atoms with Gasteiger partial charge in [0.25, 0.3) is 0 Å². The average Bonchev–Trinajstić information content (AvgIpc) is 2.78. The van der Waals surface area contributed by atoms with Crippen LogP contribution in [0.15, 0.2) is 84.9 Å². The van der Waals surface area contributed by atoms with E-state index in [9.17, 15) is 0 Å². The molecule has 5 rings (SSSR count). The summed E-state index contributed by atoms with van der Waals surface area (Å²) in [7, 11) is 0. The molecule has 3 aromatic carbocycles. The van der Waals surface area contributed by atoms with Gasteiger partial charge in [0.2, 0.25) is 0 Å². The highest BCUT2D eigenvalue weighted by molar-refractivity contribution is 5.82. The van der Waals surface area contributed by atoms with Crippen molar-refractivity contribution < 1.29 is 0 Å². The van der Waals surface area contributed by atoms with E-state index in [1.165, 1.54) is 44.6 Å². The van der Waals surface area contributed by atoms with Crippen LogP contribution in [0.5, 0.6) is 0 Å². The lowest BCUT2D eigenvalue weighted by Crippen LogP contribution is -2.17. The van der Waals surface area contributed by atoms with Crippen LogP contribution in [0.3, 0.4) is 0 Å². The third-order valence-corrected chi connectivity index (χ3v) is 6.09. The second-order valence-electron chi connectivity index (χ2n) is 9.24. The Bertz CT molecular complexity index is 1200. The molecule has 0 radical (unpaired) electrons. The number of benzene rings is 3. The summed E-state index contributed by atoms with van der Waals surface area (Å²) in [5, 5.41) is 0. The van der Waals surface area contributed by atoms with Gasteiger partial charge in [0.15, 0.2) is 0 Å². The van der Waals surface area contributed by atoms with E-state index in [0.717, 1.165) is 18.5 Å². The zero-order valence-corrected chi connectivity index (χ0v) is 17.9. The summed E-state index contributed by atoms with van der Waals surface area (Å²) < 4.78 is 0. The molecule has 0 fully saturated rings. The number of aryl methyl sites for hydroxylation is 1. The van der Waals surface area contributed by atoms with E-state index in [2.05, 4.69) is 106 Å². The van der Waals surface area contributed by atoms with E-state index in [1.807, 2.05) is 0 Å². The van der Waals surface area contributed by atoms with Crippen LogP contribution < -0.4 is 0 Å². The minimum absolute atomic E-state index is 0.00673. The Balaban J connectivity index is 1.76. The smallest absolute Gasteiger partial charge is 0.0746 e. The van der Waals surface area contributed by atoms with E-state index in [1.54, 1.807) is 0 Å². The Labute approximate surface area is 179 Å². The van der Waals surface area contributed by atoms with Crippen LogP contribution in [0.2, 0.25) is 0 Å². The lowest BCUT2D eigenvalue weighted by Gasteiger charge is -2.27. The first-order valence-corrected chi connectivity index (χ1v) is 10.8. The van der Waals surface area contributed by atoms with Crippen LogP contribution in [0.1, 0.15) is 37.6 Å². The zero-order chi connectivity index (χ0) is 20.7. The summed E-state index contributed by atoms with van der Waals surface area (Å²) in [5.41, 5.74) is 11.5. The summed E-state index contributed by atoms with van der Waals surface area (Å²) in [4.78, 5) is 5.25. The molecule has 1 aromatic heterocycles. The van der Waals surface area contributed by atoms with E-state index in [0.29, 0.717) is 0 Å². The molecular weight excluding hydrogens is 362 g/mol. The largest absolute Gasteiger partial charge is 0.252 e. The molecule has 148 valence electrons. The van der Waals surface area contributed by atoms with Gasteiger partial charge in [-0.3, -0.25) is 4.98 Å². The van der Waals surface area contributed by atoms with Crippen molar-refractivity contribution in [3.8, 4) is 33.5 Å². The number of hydrogen-bond acceptors (Lipinski definition) is 1. The molecule has 0 aliphatic heterocycles. The molecule has 0 amide bonds. The van der Waals surface area contributed by atoms with Gasteiger partial charge in [0, 0.05) is 16.7 Å². The van der Waals surface area contributed by atoms with E-state index < -0.39 is 0 Å². The summed E-state index contributed by atoms with van der Waals surface area (Å²) in [6, 6.07) is 30.6. The summed E-state index contributed by atoms with van der Waals surface area (Å²) in [6.07, 6.45) is 2.10. The van der Waals surface area contributed by atoms with Gasteiger partial charge in [-0.15, -0.1) is 0 Å². The molecule has 0 saturated heterocycles. The van der Waals surface area contributed by atoms with Crippen LogP contribution in [-0.4, -0.2) is 4.98 Å². The average molecular weight is 390 g/mol. The molecule has 4 aromatic rings. The number of fused-ring (bicyclic) bond motifs is 3. The number of aromatic nitrogens is 1. The van der Waals surface area contributed by atoms with Crippen molar-refractivity contribution in [2.75, 3.05) is 0 Å². The first-order chi connectivity index (χ1) is 14.5. The maximum absolute atomic E-state index is 5.25. The minimum atomic E-state index is -0.00673. The van der Waals surface area contributed by atoms with E-state index in [4.69, 9.17) is 4.98 Å². The van der Waals surface area contributed by atoms with E-state index >= 15 is 0 Å². The molecule has 0 N–H and O–H groups in total. The van der Waals surface area contributed by atoms with Crippen molar-refractivity contribution in [3.63, 3.8) is 0 Å². The van der Waals surface area contributed by atoms with Gasteiger partial charge in [-0.05, 0) is 58.4 Å². The first-order valence-electron chi connectivity index (χ1n) is 10.8. The molecule has 1 aliphatic rings. The highest BCUT2D eigenvalue weighted by Crippen LogP contribution is 2.41. The Hall–Kier alpha value is -3.19. The molecule has 1 heterocycles. The molecule has 0 unspecified atom stereocenters. The van der Waals surface area contributed by atoms with Gasteiger partial charge in [0.05, 0.1) is 5.69 Å². The maximum Gasteiger partial charge on any atom is 0.0746 e. The molecule has 30 heavy (non-hydrogen) atoms. The van der Waals surface area contributed by atoms with Crippen LogP contribution in [0.25, 0.3) is 33.5 Å². The monoisotopic (exact) mass is 389 g/mol. The van der Waals surface area contributed by atoms with Crippen molar-refractivity contribution in [2.45, 2.75) is 39.0 Å². The normalized spacial score (nSPS) is 12.9. The van der Waals surface area contributed by atoms with Gasteiger partial charge in [-0.2, -0.15) is 0 Å². The Morgan fingerprint density at radius 1 is 0.633 bits per heavy atom. The van der Waals surface area contributed by atoms with Gasteiger partial charge >= 0.3 is 0 Å². The fourth-order valence-corrected chi connectivity index (χ4v) is 4.39. The fourth-order valence-electron chi connectivity index (χ4n) is 4.39. The fraction of sp³-hybridized carbons (Fsp3) is 0.207. The third-order valence-electron chi connectivity index (χ3n) is 6.09. The van der Waals surface area contributed by atoms with Crippen LogP contribution in [0.4, 0.5) is 0 Å². The van der Waals surface area contributed by atoms with Crippen molar-refractivity contribution in [3.05, 3.63) is 102 Å². The predicted octanol–water partition coefficient (Wildman–Crippen LogP) is 7.48. The molecule has 0 saturated carbocycles. The first kappa shape index (κ1) is 18.8. The highest BCUT2D eigenvalue weighted by atomic mass is 14.7. The van der Waals surface area contributed by atoms with Gasteiger partial charge in [0.1, 0.15) is 0 Å². The molecular formula is C29H27N. The summed E-state index contributed by atoms with van der Waals surface area (Å²) >= 11 is 0. The highest BCUT2D eigenvalue weighted by Gasteiger charge is 2.26. The zero-order valence-electron chi connectivity index (χ0n) is 17.9. The van der Waals surface area contributed by atoms with Crippen molar-refractivity contribution in [2.24, 2.45) is 0 Å². The lowest BCUT2D eigenvalue weighted by molar-refractivity contribution is 0.569. The topological polar surface area (TPSA) is 12.9 Å². The maximum atomic E-state index is 5.25. The number of nitrogens with zero attached hydrogens (tertiary/aromatic N) is 1. The predicted molar refractivity (Wildman–Crippen MR) is 127 cm³/mol.